The zero-order valence-corrected chi connectivity index (χ0v) is 15.0. The molecule has 3 rings (SSSR count). The lowest BCUT2D eigenvalue weighted by molar-refractivity contribution is 0.100. The van der Waals surface area contributed by atoms with Gasteiger partial charge in [0.05, 0.1) is 5.56 Å². The van der Waals surface area contributed by atoms with Gasteiger partial charge in [0.25, 0.3) is 5.91 Å². The number of amides is 1. The molecule has 0 radical (unpaired) electrons. The monoisotopic (exact) mass is 353 g/mol. The van der Waals surface area contributed by atoms with Gasteiger partial charge in [-0.15, -0.1) is 0 Å². The lowest BCUT2D eigenvalue weighted by atomic mass is 10.1. The number of para-hydroxylation sites is 1. The number of hydrogen-bond acceptors (Lipinski definition) is 5. The summed E-state index contributed by atoms with van der Waals surface area (Å²) in [7, 11) is 0. The highest BCUT2D eigenvalue weighted by molar-refractivity contribution is 5.99. The average Bonchev–Trinajstić information content (AvgIpc) is 2.67. The van der Waals surface area contributed by atoms with Crippen LogP contribution in [0.4, 0.5) is 17.1 Å². The van der Waals surface area contributed by atoms with Crippen LogP contribution in [0.5, 0.6) is 0 Å². The van der Waals surface area contributed by atoms with Crippen LogP contribution in [0.1, 0.15) is 16.8 Å². The van der Waals surface area contributed by atoms with Crippen LogP contribution in [0.3, 0.4) is 0 Å². The average molecular weight is 353 g/mol. The van der Waals surface area contributed by atoms with E-state index in [-0.39, 0.29) is 0 Å². The Hall–Kier alpha value is -2.73. The number of carbonyl (C=O) groups is 1. The molecule has 0 bridgehead atoms. The highest BCUT2D eigenvalue weighted by Gasteiger charge is 2.16. The number of primary amides is 1. The molecule has 0 aromatic heterocycles. The van der Waals surface area contributed by atoms with Crippen LogP contribution < -0.4 is 21.7 Å². The summed E-state index contributed by atoms with van der Waals surface area (Å²) in [6.07, 6.45) is 1.01. The molecule has 0 aliphatic carbocycles. The van der Waals surface area contributed by atoms with E-state index in [1.807, 2.05) is 6.07 Å². The first kappa shape index (κ1) is 18.1. The van der Waals surface area contributed by atoms with Crippen molar-refractivity contribution in [2.24, 2.45) is 5.73 Å². The summed E-state index contributed by atoms with van der Waals surface area (Å²) in [4.78, 5) is 16.4. The van der Waals surface area contributed by atoms with E-state index in [0.717, 1.165) is 51.4 Å². The van der Waals surface area contributed by atoms with Crippen LogP contribution in [-0.2, 0) is 0 Å². The van der Waals surface area contributed by atoms with Crippen molar-refractivity contribution < 1.29 is 4.79 Å². The van der Waals surface area contributed by atoms with Gasteiger partial charge in [0.2, 0.25) is 0 Å². The van der Waals surface area contributed by atoms with Gasteiger partial charge in [0, 0.05) is 49.8 Å². The molecule has 2 aromatic carbocycles. The second kappa shape index (κ2) is 8.58. The van der Waals surface area contributed by atoms with Crippen LogP contribution in [0.25, 0.3) is 0 Å². The Morgan fingerprint density at radius 1 is 1.04 bits per heavy atom. The van der Waals surface area contributed by atoms with Gasteiger partial charge < -0.3 is 21.7 Å². The van der Waals surface area contributed by atoms with Crippen LogP contribution in [0.15, 0.2) is 48.5 Å². The fourth-order valence-corrected chi connectivity index (χ4v) is 3.31. The first-order chi connectivity index (χ1) is 12.6. The van der Waals surface area contributed by atoms with Gasteiger partial charge in [-0.25, -0.2) is 0 Å². The number of anilines is 3. The minimum atomic E-state index is -0.461. The van der Waals surface area contributed by atoms with Crippen LogP contribution >= 0.6 is 0 Å². The van der Waals surface area contributed by atoms with Crippen molar-refractivity contribution in [2.75, 3.05) is 55.2 Å². The first-order valence-corrected chi connectivity index (χ1v) is 9.09. The predicted molar refractivity (Wildman–Crippen MR) is 108 cm³/mol. The zero-order chi connectivity index (χ0) is 18.4. The van der Waals surface area contributed by atoms with Crippen molar-refractivity contribution in [1.29, 1.82) is 0 Å². The number of nitrogen functional groups attached to an aromatic ring is 1. The quantitative estimate of drug-likeness (QED) is 0.523. The fourth-order valence-electron chi connectivity index (χ4n) is 3.31. The van der Waals surface area contributed by atoms with E-state index >= 15 is 0 Å². The Labute approximate surface area is 154 Å². The minimum Gasteiger partial charge on any atom is -0.399 e. The Kier molecular flexibility index (Phi) is 5.96. The highest BCUT2D eigenvalue weighted by Crippen LogP contribution is 2.19. The summed E-state index contributed by atoms with van der Waals surface area (Å²) in [5, 5.41) is 3.30. The number of benzene rings is 2. The number of rotatable bonds is 7. The second-order valence-corrected chi connectivity index (χ2v) is 6.61. The van der Waals surface area contributed by atoms with Crippen LogP contribution in [-0.4, -0.2) is 50.1 Å². The summed E-state index contributed by atoms with van der Waals surface area (Å²) in [6.45, 7) is 6.09. The van der Waals surface area contributed by atoms with Crippen molar-refractivity contribution in [2.45, 2.75) is 6.42 Å². The van der Waals surface area contributed by atoms with Gasteiger partial charge in [-0.05, 0) is 43.3 Å². The minimum absolute atomic E-state index is 0.446. The molecular weight excluding hydrogens is 326 g/mol. The lowest BCUT2D eigenvalue weighted by Gasteiger charge is -2.36. The Morgan fingerprint density at radius 3 is 2.46 bits per heavy atom. The molecule has 1 aliphatic heterocycles. The molecule has 2 aromatic rings. The summed E-state index contributed by atoms with van der Waals surface area (Å²) in [5.74, 6) is -0.461. The summed E-state index contributed by atoms with van der Waals surface area (Å²) >= 11 is 0. The Bertz CT molecular complexity index is 726. The van der Waals surface area contributed by atoms with Gasteiger partial charge in [-0.3, -0.25) is 9.69 Å². The third kappa shape index (κ3) is 4.67. The van der Waals surface area contributed by atoms with E-state index in [1.54, 1.807) is 12.1 Å². The number of piperazine rings is 1. The normalized spacial score (nSPS) is 15.0. The van der Waals surface area contributed by atoms with E-state index in [4.69, 9.17) is 11.5 Å². The van der Waals surface area contributed by atoms with Gasteiger partial charge in [0.15, 0.2) is 0 Å². The molecule has 5 N–H and O–H groups in total. The molecule has 1 amide bonds. The number of carbonyl (C=O) groups excluding carboxylic acids is 1. The highest BCUT2D eigenvalue weighted by atomic mass is 16.1. The molecule has 0 unspecified atom stereocenters. The maximum Gasteiger partial charge on any atom is 0.250 e. The maximum absolute atomic E-state index is 11.5. The number of hydrogen-bond donors (Lipinski definition) is 3. The standard InChI is InChI=1S/C20H27N5O/c21-16-7-8-19(18(15-16)20(22)26)23-9-4-10-24-11-13-25(14-12-24)17-5-2-1-3-6-17/h1-3,5-8,15,23H,4,9-14,21H2,(H2,22,26). The number of nitrogens with zero attached hydrogens (tertiary/aromatic N) is 2. The summed E-state index contributed by atoms with van der Waals surface area (Å²) in [5.41, 5.74) is 14.2. The smallest absolute Gasteiger partial charge is 0.250 e. The topological polar surface area (TPSA) is 87.6 Å². The molecule has 1 fully saturated rings. The molecule has 1 aliphatic rings. The molecule has 1 heterocycles. The van der Waals surface area contributed by atoms with Gasteiger partial charge in [-0.1, -0.05) is 18.2 Å². The molecule has 0 atom stereocenters. The molecule has 26 heavy (non-hydrogen) atoms. The summed E-state index contributed by atoms with van der Waals surface area (Å²) < 4.78 is 0. The Balaban J connectivity index is 1.41. The molecule has 138 valence electrons. The second-order valence-electron chi connectivity index (χ2n) is 6.61. The summed E-state index contributed by atoms with van der Waals surface area (Å²) in [6, 6.07) is 15.8. The lowest BCUT2D eigenvalue weighted by Crippen LogP contribution is -2.46. The maximum atomic E-state index is 11.5. The van der Waals surface area contributed by atoms with E-state index in [1.165, 1.54) is 5.69 Å². The van der Waals surface area contributed by atoms with Crippen molar-refractivity contribution in [3.05, 3.63) is 54.1 Å². The van der Waals surface area contributed by atoms with Gasteiger partial charge in [-0.2, -0.15) is 0 Å². The SMILES string of the molecule is NC(=O)c1cc(N)ccc1NCCCN1CCN(c2ccccc2)CC1. The van der Waals surface area contributed by atoms with E-state index in [0.29, 0.717) is 11.3 Å². The molecule has 0 spiro atoms. The largest absolute Gasteiger partial charge is 0.399 e. The molecular formula is C20H27N5O. The number of nitrogens with one attached hydrogen (secondary N) is 1. The first-order valence-electron chi connectivity index (χ1n) is 9.09. The van der Waals surface area contributed by atoms with E-state index in [2.05, 4.69) is 45.4 Å². The van der Waals surface area contributed by atoms with Gasteiger partial charge in [0.1, 0.15) is 0 Å². The molecule has 6 nitrogen and oxygen atoms in total. The molecule has 6 heteroatoms. The third-order valence-corrected chi connectivity index (χ3v) is 4.77. The van der Waals surface area contributed by atoms with Crippen molar-refractivity contribution in [3.63, 3.8) is 0 Å². The molecule has 1 saturated heterocycles. The van der Waals surface area contributed by atoms with Gasteiger partial charge >= 0.3 is 0 Å². The van der Waals surface area contributed by atoms with Crippen LogP contribution in [0, 0.1) is 0 Å². The zero-order valence-electron chi connectivity index (χ0n) is 15.0. The molecule has 0 saturated carbocycles. The van der Waals surface area contributed by atoms with Crippen molar-refractivity contribution >= 4 is 23.0 Å². The Morgan fingerprint density at radius 2 is 1.77 bits per heavy atom. The van der Waals surface area contributed by atoms with Crippen molar-refractivity contribution in [3.8, 4) is 0 Å². The van der Waals surface area contributed by atoms with Crippen LogP contribution in [0.2, 0.25) is 0 Å². The predicted octanol–water partition coefficient (Wildman–Crippen LogP) is 1.99. The third-order valence-electron chi connectivity index (χ3n) is 4.77. The van der Waals surface area contributed by atoms with E-state index in [9.17, 15) is 4.79 Å². The van der Waals surface area contributed by atoms with E-state index < -0.39 is 5.91 Å². The number of nitrogens with two attached hydrogens (primary N) is 2. The fraction of sp³-hybridized carbons (Fsp3) is 0.350. The van der Waals surface area contributed by atoms with Crippen molar-refractivity contribution in [1.82, 2.24) is 4.90 Å².